The SMILES string of the molecule is Nc1ccc(S(=O)(=O)NCc2cccc(CO)c2)c(Br)c1. The van der Waals surface area contributed by atoms with Crippen LogP contribution in [0.15, 0.2) is 51.8 Å². The number of nitrogens with one attached hydrogen (secondary N) is 1. The number of benzene rings is 2. The summed E-state index contributed by atoms with van der Waals surface area (Å²) in [5.74, 6) is 0. The zero-order chi connectivity index (χ0) is 15.5. The summed E-state index contributed by atoms with van der Waals surface area (Å²) in [4.78, 5) is 0.134. The predicted octanol–water partition coefficient (Wildman–Crippen LogP) is 2.00. The van der Waals surface area contributed by atoms with E-state index in [4.69, 9.17) is 10.8 Å². The maximum Gasteiger partial charge on any atom is 0.241 e. The molecule has 5 nitrogen and oxygen atoms in total. The smallest absolute Gasteiger partial charge is 0.241 e. The van der Waals surface area contributed by atoms with Crippen LogP contribution >= 0.6 is 15.9 Å². The normalized spacial score (nSPS) is 11.5. The molecule has 4 N–H and O–H groups in total. The first-order valence-electron chi connectivity index (χ1n) is 6.16. The van der Waals surface area contributed by atoms with Crippen LogP contribution in [0.3, 0.4) is 0 Å². The molecule has 21 heavy (non-hydrogen) atoms. The second kappa shape index (κ2) is 6.57. The van der Waals surface area contributed by atoms with Gasteiger partial charge in [0, 0.05) is 16.7 Å². The lowest BCUT2D eigenvalue weighted by molar-refractivity contribution is 0.281. The Kier molecular flexibility index (Phi) is 5.00. The zero-order valence-corrected chi connectivity index (χ0v) is 13.5. The van der Waals surface area contributed by atoms with Gasteiger partial charge >= 0.3 is 0 Å². The van der Waals surface area contributed by atoms with E-state index in [0.717, 1.165) is 11.1 Å². The lowest BCUT2D eigenvalue weighted by Gasteiger charge is -2.09. The zero-order valence-electron chi connectivity index (χ0n) is 11.1. The second-order valence-corrected chi connectivity index (χ2v) is 7.08. The monoisotopic (exact) mass is 370 g/mol. The molecule has 0 atom stereocenters. The van der Waals surface area contributed by atoms with Gasteiger partial charge in [0.05, 0.1) is 11.5 Å². The molecule has 0 aliphatic rings. The maximum absolute atomic E-state index is 12.3. The van der Waals surface area contributed by atoms with E-state index < -0.39 is 10.0 Å². The molecule has 0 saturated carbocycles. The number of halogens is 1. The van der Waals surface area contributed by atoms with Crippen LogP contribution in [0, 0.1) is 0 Å². The summed E-state index contributed by atoms with van der Waals surface area (Å²) in [6.07, 6.45) is 0. The van der Waals surface area contributed by atoms with Gasteiger partial charge in [-0.05, 0) is 45.3 Å². The lowest BCUT2D eigenvalue weighted by Crippen LogP contribution is -2.23. The molecule has 0 bridgehead atoms. The Bertz CT molecular complexity index is 748. The van der Waals surface area contributed by atoms with Crippen LogP contribution in [-0.2, 0) is 23.2 Å². The molecule has 0 amide bonds. The Morgan fingerprint density at radius 2 is 1.86 bits per heavy atom. The van der Waals surface area contributed by atoms with Gasteiger partial charge in [-0.25, -0.2) is 13.1 Å². The maximum atomic E-state index is 12.3. The Morgan fingerprint density at radius 1 is 1.14 bits per heavy atom. The van der Waals surface area contributed by atoms with Crippen LogP contribution < -0.4 is 10.5 Å². The van der Waals surface area contributed by atoms with Crippen molar-refractivity contribution in [3.63, 3.8) is 0 Å². The minimum atomic E-state index is -3.64. The Hall–Kier alpha value is -1.41. The molecule has 0 spiro atoms. The van der Waals surface area contributed by atoms with Crippen molar-refractivity contribution in [1.82, 2.24) is 4.72 Å². The van der Waals surface area contributed by atoms with Gasteiger partial charge in [0.15, 0.2) is 0 Å². The highest BCUT2D eigenvalue weighted by Gasteiger charge is 2.17. The van der Waals surface area contributed by atoms with Gasteiger partial charge in [0.1, 0.15) is 0 Å². The van der Waals surface area contributed by atoms with Crippen LogP contribution in [0.4, 0.5) is 5.69 Å². The third-order valence-corrected chi connectivity index (χ3v) is 5.26. The molecule has 2 rings (SSSR count). The first-order valence-corrected chi connectivity index (χ1v) is 8.43. The van der Waals surface area contributed by atoms with Gasteiger partial charge in [-0.1, -0.05) is 24.3 Å². The standard InChI is InChI=1S/C14H15BrN2O3S/c15-13-7-12(16)4-5-14(13)21(19,20)17-8-10-2-1-3-11(6-10)9-18/h1-7,17-18H,8-9,16H2. The van der Waals surface area contributed by atoms with Crippen molar-refractivity contribution in [1.29, 1.82) is 0 Å². The summed E-state index contributed by atoms with van der Waals surface area (Å²) in [6.45, 7) is 0.0666. The number of anilines is 1. The van der Waals surface area contributed by atoms with Gasteiger partial charge in [0.25, 0.3) is 0 Å². The van der Waals surface area contributed by atoms with E-state index in [-0.39, 0.29) is 18.0 Å². The Morgan fingerprint density at radius 3 is 2.52 bits per heavy atom. The summed E-state index contributed by atoms with van der Waals surface area (Å²) in [6, 6.07) is 11.6. The van der Waals surface area contributed by atoms with E-state index in [1.807, 2.05) is 0 Å². The van der Waals surface area contributed by atoms with Crippen molar-refractivity contribution in [2.75, 3.05) is 5.73 Å². The van der Waals surface area contributed by atoms with E-state index in [1.54, 1.807) is 30.3 Å². The molecule has 0 radical (unpaired) electrons. The molecule has 2 aromatic rings. The van der Waals surface area contributed by atoms with Crippen molar-refractivity contribution >= 4 is 31.6 Å². The van der Waals surface area contributed by atoms with Crippen LogP contribution in [0.1, 0.15) is 11.1 Å². The molecule has 0 fully saturated rings. The molecule has 0 aliphatic heterocycles. The van der Waals surface area contributed by atoms with Crippen molar-refractivity contribution in [3.05, 3.63) is 58.1 Å². The minimum Gasteiger partial charge on any atom is -0.399 e. The molecule has 0 aromatic heterocycles. The highest BCUT2D eigenvalue weighted by molar-refractivity contribution is 9.10. The van der Waals surface area contributed by atoms with Crippen LogP contribution in [-0.4, -0.2) is 13.5 Å². The van der Waals surface area contributed by atoms with E-state index in [1.165, 1.54) is 12.1 Å². The fourth-order valence-corrected chi connectivity index (χ4v) is 3.94. The van der Waals surface area contributed by atoms with Crippen LogP contribution in [0.2, 0.25) is 0 Å². The number of hydrogen-bond donors (Lipinski definition) is 3. The van der Waals surface area contributed by atoms with Gasteiger partial charge in [-0.15, -0.1) is 0 Å². The highest BCUT2D eigenvalue weighted by Crippen LogP contribution is 2.24. The van der Waals surface area contributed by atoms with Gasteiger partial charge < -0.3 is 10.8 Å². The number of rotatable bonds is 5. The minimum absolute atomic E-state index is 0.0793. The fourth-order valence-electron chi connectivity index (χ4n) is 1.83. The lowest BCUT2D eigenvalue weighted by atomic mass is 10.1. The number of aliphatic hydroxyl groups is 1. The Balaban J connectivity index is 2.17. The number of aliphatic hydroxyl groups excluding tert-OH is 1. The average Bonchev–Trinajstić information content (AvgIpc) is 2.45. The number of sulfonamides is 1. The fraction of sp³-hybridized carbons (Fsp3) is 0.143. The average molecular weight is 371 g/mol. The predicted molar refractivity (Wildman–Crippen MR) is 84.9 cm³/mol. The van der Waals surface area contributed by atoms with Crippen LogP contribution in [0.25, 0.3) is 0 Å². The summed E-state index contributed by atoms with van der Waals surface area (Å²) in [5.41, 5.74) is 7.59. The summed E-state index contributed by atoms with van der Waals surface area (Å²) in [7, 11) is -3.64. The van der Waals surface area contributed by atoms with Crippen molar-refractivity contribution < 1.29 is 13.5 Å². The topological polar surface area (TPSA) is 92.4 Å². The summed E-state index contributed by atoms with van der Waals surface area (Å²) in [5, 5.41) is 9.07. The largest absolute Gasteiger partial charge is 0.399 e. The number of nitrogens with two attached hydrogens (primary N) is 1. The third kappa shape index (κ3) is 4.04. The van der Waals surface area contributed by atoms with Crippen molar-refractivity contribution in [2.45, 2.75) is 18.0 Å². The number of nitrogen functional groups attached to an aromatic ring is 1. The molecule has 0 aliphatic carbocycles. The third-order valence-electron chi connectivity index (χ3n) is 2.89. The molecule has 0 heterocycles. The molecule has 2 aromatic carbocycles. The van der Waals surface area contributed by atoms with E-state index in [2.05, 4.69) is 20.7 Å². The molecule has 7 heteroatoms. The summed E-state index contributed by atoms with van der Waals surface area (Å²) < 4.78 is 27.5. The van der Waals surface area contributed by atoms with Gasteiger partial charge in [-0.3, -0.25) is 0 Å². The summed E-state index contributed by atoms with van der Waals surface area (Å²) >= 11 is 3.20. The van der Waals surface area contributed by atoms with Crippen LogP contribution in [0.5, 0.6) is 0 Å². The second-order valence-electron chi connectivity index (χ2n) is 4.49. The van der Waals surface area contributed by atoms with E-state index in [0.29, 0.717) is 10.2 Å². The first kappa shape index (κ1) is 16.0. The van der Waals surface area contributed by atoms with Gasteiger partial charge in [-0.2, -0.15) is 0 Å². The van der Waals surface area contributed by atoms with E-state index in [9.17, 15) is 8.42 Å². The first-order chi connectivity index (χ1) is 9.92. The quantitative estimate of drug-likeness (QED) is 0.701. The molecule has 0 unspecified atom stereocenters. The van der Waals surface area contributed by atoms with E-state index >= 15 is 0 Å². The molecular weight excluding hydrogens is 356 g/mol. The number of hydrogen-bond acceptors (Lipinski definition) is 4. The molecule has 0 saturated heterocycles. The van der Waals surface area contributed by atoms with Crippen molar-refractivity contribution in [2.24, 2.45) is 0 Å². The van der Waals surface area contributed by atoms with Crippen molar-refractivity contribution in [3.8, 4) is 0 Å². The molecule has 112 valence electrons. The molecular formula is C14H15BrN2O3S. The highest BCUT2D eigenvalue weighted by atomic mass is 79.9. The Labute approximate surface area is 132 Å². The van der Waals surface area contributed by atoms with Gasteiger partial charge in [0.2, 0.25) is 10.0 Å².